The zero-order valence-electron chi connectivity index (χ0n) is 9.34. The number of rotatable bonds is 4. The van der Waals surface area contributed by atoms with E-state index in [0.29, 0.717) is 16.5 Å². The molecule has 1 aromatic carbocycles. The zero-order valence-corrected chi connectivity index (χ0v) is 10.9. The van der Waals surface area contributed by atoms with Crippen LogP contribution in [0, 0.1) is 0 Å². The quantitative estimate of drug-likeness (QED) is 0.852. The van der Waals surface area contributed by atoms with Gasteiger partial charge in [-0.25, -0.2) is 0 Å². The summed E-state index contributed by atoms with van der Waals surface area (Å²) in [5.41, 5.74) is 0.970. The maximum absolute atomic E-state index is 11.9. The number of hydrogen-bond donors (Lipinski definition) is 0. The van der Waals surface area contributed by atoms with Crippen molar-refractivity contribution >= 4 is 22.4 Å². The molecule has 0 spiro atoms. The topological polar surface area (TPSA) is 47.8 Å². The molecular formula is C11H12ClN3OS. The van der Waals surface area contributed by atoms with Gasteiger partial charge in [-0.15, -0.1) is 10.2 Å². The number of halogens is 1. The van der Waals surface area contributed by atoms with Crippen molar-refractivity contribution in [2.45, 2.75) is 11.5 Å². The van der Waals surface area contributed by atoms with Crippen molar-refractivity contribution in [2.75, 3.05) is 0 Å². The monoisotopic (exact) mass is 269 g/mol. The third-order valence-electron chi connectivity index (χ3n) is 2.31. The van der Waals surface area contributed by atoms with E-state index < -0.39 is 10.8 Å². The molecule has 1 heterocycles. The molecule has 1 atom stereocenters. The van der Waals surface area contributed by atoms with E-state index in [1.54, 1.807) is 17.0 Å². The lowest BCUT2D eigenvalue weighted by Gasteiger charge is -2.02. The smallest absolute Gasteiger partial charge is 0.145 e. The summed E-state index contributed by atoms with van der Waals surface area (Å²) in [6.07, 6.45) is 1.60. The summed E-state index contributed by atoms with van der Waals surface area (Å²) in [7, 11) is 0.838. The molecule has 0 unspecified atom stereocenters. The molecule has 0 aliphatic heterocycles. The van der Waals surface area contributed by atoms with Crippen molar-refractivity contribution < 1.29 is 4.21 Å². The van der Waals surface area contributed by atoms with Crippen LogP contribution in [0.1, 0.15) is 11.4 Å². The predicted octanol–water partition coefficient (Wildman–Crippen LogP) is 1.92. The summed E-state index contributed by atoms with van der Waals surface area (Å²) in [5.74, 6) is 1.61. The van der Waals surface area contributed by atoms with Gasteiger partial charge in [-0.1, -0.05) is 23.7 Å². The molecule has 0 saturated carbocycles. The minimum absolute atomic E-state index is 0.406. The van der Waals surface area contributed by atoms with E-state index in [-0.39, 0.29) is 0 Å². The van der Waals surface area contributed by atoms with Crippen LogP contribution < -0.4 is 0 Å². The Morgan fingerprint density at radius 3 is 2.88 bits per heavy atom. The van der Waals surface area contributed by atoms with Crippen molar-refractivity contribution in [1.29, 1.82) is 0 Å². The molecule has 0 bridgehead atoms. The van der Waals surface area contributed by atoms with Gasteiger partial charge < -0.3 is 4.57 Å². The van der Waals surface area contributed by atoms with Gasteiger partial charge in [0.15, 0.2) is 0 Å². The number of hydrogen-bond acceptors (Lipinski definition) is 3. The minimum Gasteiger partial charge on any atom is -0.320 e. The summed E-state index contributed by atoms with van der Waals surface area (Å²) in [6.45, 7) is 0. The average Bonchev–Trinajstić information content (AvgIpc) is 2.64. The molecular weight excluding hydrogens is 258 g/mol. The molecule has 0 fully saturated rings. The second-order valence-electron chi connectivity index (χ2n) is 3.72. The Balaban J connectivity index is 2.01. The van der Waals surface area contributed by atoms with Gasteiger partial charge in [0, 0.05) is 28.6 Å². The third-order valence-corrected chi connectivity index (χ3v) is 3.78. The first-order chi connectivity index (χ1) is 8.15. The van der Waals surface area contributed by atoms with Gasteiger partial charge in [0.1, 0.15) is 12.2 Å². The minimum atomic E-state index is -1.00. The van der Waals surface area contributed by atoms with E-state index in [4.69, 9.17) is 11.6 Å². The highest BCUT2D eigenvalue weighted by atomic mass is 35.5. The second kappa shape index (κ2) is 5.42. The van der Waals surface area contributed by atoms with Crippen molar-refractivity contribution in [3.8, 4) is 0 Å². The largest absolute Gasteiger partial charge is 0.320 e. The summed E-state index contributed by atoms with van der Waals surface area (Å²) in [6, 6.07) is 7.41. The van der Waals surface area contributed by atoms with Crippen molar-refractivity contribution in [3.63, 3.8) is 0 Å². The number of benzene rings is 1. The molecule has 4 nitrogen and oxygen atoms in total. The Kier molecular flexibility index (Phi) is 3.91. The molecule has 90 valence electrons. The van der Waals surface area contributed by atoms with Gasteiger partial charge in [0.25, 0.3) is 0 Å². The van der Waals surface area contributed by atoms with Gasteiger partial charge in [0.2, 0.25) is 0 Å². The summed E-state index contributed by atoms with van der Waals surface area (Å²) < 4.78 is 13.7. The maximum atomic E-state index is 11.9. The van der Waals surface area contributed by atoms with E-state index in [1.807, 2.05) is 25.2 Å². The van der Waals surface area contributed by atoms with Gasteiger partial charge in [0.05, 0.1) is 5.75 Å². The fraction of sp³-hybridized carbons (Fsp3) is 0.273. The fourth-order valence-corrected chi connectivity index (χ4v) is 2.86. The van der Waals surface area contributed by atoms with Crippen LogP contribution in [-0.4, -0.2) is 19.0 Å². The molecule has 2 aromatic rings. The van der Waals surface area contributed by atoms with E-state index >= 15 is 0 Å². The Labute approximate surface area is 107 Å². The van der Waals surface area contributed by atoms with Crippen LogP contribution in [-0.2, 0) is 29.4 Å². The van der Waals surface area contributed by atoms with Crippen molar-refractivity contribution in [2.24, 2.45) is 7.05 Å². The first-order valence-corrected chi connectivity index (χ1v) is 6.94. The Morgan fingerprint density at radius 1 is 1.41 bits per heavy atom. The molecule has 17 heavy (non-hydrogen) atoms. The third kappa shape index (κ3) is 3.38. The molecule has 1 aromatic heterocycles. The molecule has 0 aliphatic rings. The van der Waals surface area contributed by atoms with Crippen LogP contribution in [0.15, 0.2) is 30.6 Å². The lowest BCUT2D eigenvalue weighted by Crippen LogP contribution is -2.04. The Hall–Kier alpha value is -1.20. The molecule has 2 rings (SSSR count). The Morgan fingerprint density at radius 2 is 2.24 bits per heavy atom. The molecule has 0 radical (unpaired) electrons. The van der Waals surface area contributed by atoms with Crippen LogP contribution >= 0.6 is 11.6 Å². The van der Waals surface area contributed by atoms with Gasteiger partial charge in [-0.3, -0.25) is 4.21 Å². The highest BCUT2D eigenvalue weighted by Gasteiger charge is 2.08. The second-order valence-corrected chi connectivity index (χ2v) is 5.61. The maximum Gasteiger partial charge on any atom is 0.145 e. The highest BCUT2D eigenvalue weighted by molar-refractivity contribution is 7.83. The number of aromatic nitrogens is 3. The van der Waals surface area contributed by atoms with Crippen LogP contribution in [0.2, 0.25) is 5.02 Å². The normalized spacial score (nSPS) is 12.6. The number of nitrogens with zero attached hydrogens (tertiary/aromatic N) is 3. The standard InChI is InChI=1S/C11H12ClN3OS/c1-15-8-13-14-11(15)7-17(16)6-9-3-2-4-10(12)5-9/h2-5,8H,6-7H2,1H3/t17-/m1/s1. The molecule has 0 N–H and O–H groups in total. The highest BCUT2D eigenvalue weighted by Crippen LogP contribution is 2.13. The fourth-order valence-electron chi connectivity index (χ4n) is 1.45. The average molecular weight is 270 g/mol. The predicted molar refractivity (Wildman–Crippen MR) is 68.0 cm³/mol. The van der Waals surface area contributed by atoms with Gasteiger partial charge >= 0.3 is 0 Å². The molecule has 6 heteroatoms. The van der Waals surface area contributed by atoms with Crippen molar-refractivity contribution in [3.05, 3.63) is 47.0 Å². The van der Waals surface area contributed by atoms with Crippen LogP contribution in [0.25, 0.3) is 0 Å². The number of aryl methyl sites for hydroxylation is 1. The first kappa shape index (κ1) is 12.3. The SMILES string of the molecule is Cn1cnnc1C[S@](=O)Cc1cccc(Cl)c1. The van der Waals surface area contributed by atoms with E-state index in [0.717, 1.165) is 11.4 Å². The van der Waals surface area contributed by atoms with E-state index in [1.165, 1.54) is 0 Å². The Bertz CT molecular complexity index is 541. The zero-order chi connectivity index (χ0) is 12.3. The summed E-state index contributed by atoms with van der Waals surface area (Å²) in [4.78, 5) is 0. The van der Waals surface area contributed by atoms with Crippen molar-refractivity contribution in [1.82, 2.24) is 14.8 Å². The molecule has 0 saturated heterocycles. The lowest BCUT2D eigenvalue weighted by atomic mass is 10.2. The first-order valence-electron chi connectivity index (χ1n) is 5.07. The van der Waals surface area contributed by atoms with Crippen LogP contribution in [0.3, 0.4) is 0 Å². The lowest BCUT2D eigenvalue weighted by molar-refractivity contribution is 0.679. The van der Waals surface area contributed by atoms with Gasteiger partial charge in [-0.2, -0.15) is 0 Å². The van der Waals surface area contributed by atoms with Crippen LogP contribution in [0.5, 0.6) is 0 Å². The summed E-state index contributed by atoms with van der Waals surface area (Å²) >= 11 is 5.87. The molecule has 0 amide bonds. The molecule has 0 aliphatic carbocycles. The van der Waals surface area contributed by atoms with E-state index in [9.17, 15) is 4.21 Å². The van der Waals surface area contributed by atoms with Gasteiger partial charge in [-0.05, 0) is 17.7 Å². The van der Waals surface area contributed by atoms with E-state index in [2.05, 4.69) is 10.2 Å². The summed E-state index contributed by atoms with van der Waals surface area (Å²) in [5, 5.41) is 8.33. The van der Waals surface area contributed by atoms with Crippen LogP contribution in [0.4, 0.5) is 0 Å².